The van der Waals surface area contributed by atoms with Gasteiger partial charge in [-0.1, -0.05) is 69.2 Å². The average Bonchev–Trinajstić information content (AvgIpc) is 3.47. The number of carbonyl (C=O) groups is 1. The molecule has 1 aliphatic rings. The molecule has 0 saturated carbocycles. The molecule has 5 aromatic rings. The van der Waals surface area contributed by atoms with Gasteiger partial charge in [0.2, 0.25) is 4.96 Å². The van der Waals surface area contributed by atoms with Crippen molar-refractivity contribution in [3.63, 3.8) is 0 Å². The van der Waals surface area contributed by atoms with Crippen LogP contribution >= 0.6 is 27.3 Å². The summed E-state index contributed by atoms with van der Waals surface area (Å²) in [5.41, 5.74) is 4.01. The van der Waals surface area contributed by atoms with Gasteiger partial charge in [0.25, 0.3) is 11.5 Å². The minimum absolute atomic E-state index is 0.254. The first-order chi connectivity index (χ1) is 16.9. The molecule has 1 aliphatic heterocycles. The highest BCUT2D eigenvalue weighted by Gasteiger charge is 2.34. The van der Waals surface area contributed by atoms with Crippen molar-refractivity contribution in [3.8, 4) is 11.4 Å². The summed E-state index contributed by atoms with van der Waals surface area (Å²) in [6.45, 7) is 2.25. The molecule has 2 aromatic heterocycles. The Kier molecular flexibility index (Phi) is 5.12. The van der Waals surface area contributed by atoms with E-state index in [1.54, 1.807) is 17.0 Å². The van der Waals surface area contributed by atoms with Gasteiger partial charge in [-0.3, -0.25) is 9.59 Å². The largest absolute Gasteiger partial charge is 0.303 e. The molecule has 0 aliphatic carbocycles. The smallest absolute Gasteiger partial charge is 0.291 e. The fraction of sp³-hybridized carbons (Fsp3) is 0.0769. The first-order valence-electron chi connectivity index (χ1n) is 10.8. The number of rotatable bonds is 3. The number of nitrogens with zero attached hydrogens (tertiary/aromatic N) is 4. The van der Waals surface area contributed by atoms with Crippen LogP contribution < -0.4 is 15.0 Å². The van der Waals surface area contributed by atoms with Gasteiger partial charge >= 0.3 is 0 Å². The fourth-order valence-electron chi connectivity index (χ4n) is 4.16. The molecule has 9 heteroatoms. The number of thiazole rings is 1. The summed E-state index contributed by atoms with van der Waals surface area (Å²) in [4.78, 5) is 33.6. The van der Waals surface area contributed by atoms with Crippen LogP contribution in [0.1, 0.15) is 16.7 Å². The number of benzene rings is 3. The summed E-state index contributed by atoms with van der Waals surface area (Å²) in [5.74, 6) is -0.167. The molecule has 0 N–H and O–H groups in total. The molecule has 172 valence electrons. The lowest BCUT2D eigenvalue weighted by Crippen LogP contribution is -2.32. The van der Waals surface area contributed by atoms with Gasteiger partial charge in [0.15, 0.2) is 5.82 Å². The first-order valence-corrected chi connectivity index (χ1v) is 12.4. The van der Waals surface area contributed by atoms with E-state index in [9.17, 15) is 14.0 Å². The monoisotopic (exact) mass is 546 g/mol. The van der Waals surface area contributed by atoms with E-state index in [0.717, 1.165) is 32.5 Å². The van der Waals surface area contributed by atoms with Crippen LogP contribution in [0.5, 0.6) is 0 Å². The van der Waals surface area contributed by atoms with Crippen LogP contribution in [0.2, 0.25) is 0 Å². The van der Waals surface area contributed by atoms with Crippen molar-refractivity contribution in [2.45, 2.75) is 13.5 Å². The molecule has 0 unspecified atom stereocenters. The molecular formula is C26H16BrFN4O2S. The number of amides is 1. The third kappa shape index (κ3) is 3.67. The van der Waals surface area contributed by atoms with Gasteiger partial charge in [-0.15, -0.1) is 5.10 Å². The van der Waals surface area contributed by atoms with E-state index in [2.05, 4.69) is 26.0 Å². The molecule has 1 amide bonds. The maximum Gasteiger partial charge on any atom is 0.291 e. The summed E-state index contributed by atoms with van der Waals surface area (Å²) in [6, 6.07) is 19.3. The number of hydrogen-bond acceptors (Lipinski definition) is 5. The van der Waals surface area contributed by atoms with Crippen LogP contribution in [0, 0.1) is 12.7 Å². The summed E-state index contributed by atoms with van der Waals surface area (Å²) < 4.78 is 15.7. The van der Waals surface area contributed by atoms with Crippen LogP contribution in [0.3, 0.4) is 0 Å². The maximum absolute atomic E-state index is 13.6. The molecule has 0 radical (unpaired) electrons. The molecule has 6 rings (SSSR count). The van der Waals surface area contributed by atoms with Crippen LogP contribution in [0.25, 0.3) is 21.9 Å². The molecule has 0 atom stereocenters. The van der Waals surface area contributed by atoms with Gasteiger partial charge in [-0.05, 0) is 42.8 Å². The number of hydrogen-bond donors (Lipinski definition) is 0. The standard InChI is InChI=1S/C26H16BrFN4O2S/c1-14-2-6-16(7-3-14)23-29-26-32(30-23)25(34)22(35-26)21-19-12-17(27)8-11-20(19)31(24(21)33)13-15-4-9-18(28)10-5-15/h2-12H,13H2,1H3/b22-21-. The van der Waals surface area contributed by atoms with E-state index in [0.29, 0.717) is 32.1 Å². The number of aryl methyl sites for hydroxylation is 1. The summed E-state index contributed by atoms with van der Waals surface area (Å²) >= 11 is 4.63. The number of halogens is 2. The van der Waals surface area contributed by atoms with E-state index in [-0.39, 0.29) is 23.8 Å². The minimum Gasteiger partial charge on any atom is -0.303 e. The van der Waals surface area contributed by atoms with Gasteiger partial charge in [0, 0.05) is 15.6 Å². The Bertz CT molecular complexity index is 1740. The van der Waals surface area contributed by atoms with Crippen molar-refractivity contribution in [1.29, 1.82) is 0 Å². The third-order valence-electron chi connectivity index (χ3n) is 5.93. The van der Waals surface area contributed by atoms with E-state index >= 15 is 0 Å². The van der Waals surface area contributed by atoms with E-state index in [1.165, 1.54) is 16.6 Å². The highest BCUT2D eigenvalue weighted by Crippen LogP contribution is 2.38. The normalized spacial score (nSPS) is 14.7. The number of carbonyl (C=O) groups excluding carboxylic acids is 1. The number of fused-ring (bicyclic) bond motifs is 2. The molecular weight excluding hydrogens is 531 g/mol. The van der Waals surface area contributed by atoms with Crippen molar-refractivity contribution in [2.75, 3.05) is 4.90 Å². The Hall–Kier alpha value is -3.69. The second-order valence-corrected chi connectivity index (χ2v) is 10.2. The number of anilines is 1. The lowest BCUT2D eigenvalue weighted by molar-refractivity contribution is -0.113. The van der Waals surface area contributed by atoms with Gasteiger partial charge in [-0.2, -0.15) is 9.50 Å². The molecule has 0 fully saturated rings. The fourth-order valence-corrected chi connectivity index (χ4v) is 5.52. The molecule has 0 bridgehead atoms. The van der Waals surface area contributed by atoms with E-state index in [1.807, 2.05) is 49.4 Å². The highest BCUT2D eigenvalue weighted by atomic mass is 79.9. The zero-order valence-corrected chi connectivity index (χ0v) is 20.7. The Morgan fingerprint density at radius 3 is 2.46 bits per heavy atom. The predicted molar refractivity (Wildman–Crippen MR) is 137 cm³/mol. The lowest BCUT2D eigenvalue weighted by Gasteiger charge is -2.17. The molecule has 0 spiro atoms. The van der Waals surface area contributed by atoms with Gasteiger partial charge in [0.1, 0.15) is 10.3 Å². The number of aromatic nitrogens is 3. The Balaban J connectivity index is 1.50. The quantitative estimate of drug-likeness (QED) is 0.334. The first kappa shape index (κ1) is 21.8. The van der Waals surface area contributed by atoms with Gasteiger partial charge < -0.3 is 4.90 Å². The van der Waals surface area contributed by atoms with Crippen LogP contribution in [-0.4, -0.2) is 20.5 Å². The second kappa shape index (κ2) is 8.21. The summed E-state index contributed by atoms with van der Waals surface area (Å²) in [6.07, 6.45) is 0. The van der Waals surface area contributed by atoms with E-state index < -0.39 is 0 Å². The Labute approximate surface area is 211 Å². The topological polar surface area (TPSA) is 67.6 Å². The van der Waals surface area contributed by atoms with Crippen LogP contribution in [-0.2, 0) is 11.3 Å². The molecule has 3 aromatic carbocycles. The molecule has 0 saturated heterocycles. The van der Waals surface area contributed by atoms with Gasteiger partial charge in [-0.25, -0.2) is 4.39 Å². The molecule has 6 nitrogen and oxygen atoms in total. The van der Waals surface area contributed by atoms with Crippen molar-refractivity contribution in [3.05, 3.63) is 109 Å². The zero-order valence-electron chi connectivity index (χ0n) is 18.3. The Morgan fingerprint density at radius 2 is 1.74 bits per heavy atom. The average molecular weight is 547 g/mol. The van der Waals surface area contributed by atoms with Gasteiger partial charge in [0.05, 0.1) is 17.8 Å². The second-order valence-electron chi connectivity index (χ2n) is 8.29. The van der Waals surface area contributed by atoms with Crippen molar-refractivity contribution in [2.24, 2.45) is 0 Å². The highest BCUT2D eigenvalue weighted by molar-refractivity contribution is 9.10. The minimum atomic E-state index is -0.381. The molecule has 35 heavy (non-hydrogen) atoms. The lowest BCUT2D eigenvalue weighted by atomic mass is 10.1. The maximum atomic E-state index is 13.6. The van der Waals surface area contributed by atoms with Crippen LogP contribution in [0.15, 0.2) is 76.0 Å². The molecule has 3 heterocycles. The van der Waals surface area contributed by atoms with Crippen LogP contribution in [0.4, 0.5) is 10.1 Å². The van der Waals surface area contributed by atoms with Crippen molar-refractivity contribution < 1.29 is 9.18 Å². The van der Waals surface area contributed by atoms with Crippen molar-refractivity contribution >= 4 is 49.4 Å². The summed E-state index contributed by atoms with van der Waals surface area (Å²) in [5, 5.41) is 4.42. The predicted octanol–water partition coefficient (Wildman–Crippen LogP) is 4.49. The zero-order chi connectivity index (χ0) is 24.3. The van der Waals surface area contributed by atoms with Crippen molar-refractivity contribution in [1.82, 2.24) is 14.6 Å². The Morgan fingerprint density at radius 1 is 1.00 bits per heavy atom. The van der Waals surface area contributed by atoms with E-state index in [4.69, 9.17) is 0 Å². The SMILES string of the molecule is Cc1ccc(-c2nc3s/c(=C4\C(=O)N(Cc5ccc(F)cc5)c5ccc(Br)cc54)c(=O)n3n2)cc1. The third-order valence-corrected chi connectivity index (χ3v) is 7.45. The summed E-state index contributed by atoms with van der Waals surface area (Å²) in [7, 11) is 0.